The molecule has 0 radical (unpaired) electrons. The van der Waals surface area contributed by atoms with E-state index in [1.807, 2.05) is 35.2 Å². The normalized spacial score (nSPS) is 19.1. The summed E-state index contributed by atoms with van der Waals surface area (Å²) in [5, 5.41) is 6.38. The van der Waals surface area contributed by atoms with Crippen molar-refractivity contribution in [1.82, 2.24) is 10.2 Å². The third-order valence-electron chi connectivity index (χ3n) is 5.46. The zero-order chi connectivity index (χ0) is 21.6. The van der Waals surface area contributed by atoms with Gasteiger partial charge in [-0.1, -0.05) is 61.9 Å². The van der Waals surface area contributed by atoms with Crippen molar-refractivity contribution in [3.8, 4) is 0 Å². The van der Waals surface area contributed by atoms with Gasteiger partial charge in [-0.2, -0.15) is 0 Å². The second-order valence-corrected chi connectivity index (χ2v) is 7.62. The molecule has 160 valence electrons. The highest BCUT2D eigenvalue weighted by Gasteiger charge is 2.36. The number of nitrogens with two attached hydrogens (primary N) is 1. The molecule has 0 bridgehead atoms. The molecule has 7 heteroatoms. The molecule has 1 heterocycles. The molecule has 2 aromatic rings. The zero-order valence-electron chi connectivity index (χ0n) is 17.4. The molecule has 0 aromatic heterocycles. The number of guanidine groups is 1. The fourth-order valence-corrected chi connectivity index (χ4v) is 3.91. The molecule has 0 atom stereocenters. The number of nitrogens with zero attached hydrogens (tertiary/aromatic N) is 3. The quantitative estimate of drug-likeness (QED) is 0.653. The number of halogens is 1. The van der Waals surface area contributed by atoms with Crippen molar-refractivity contribution in [2.45, 2.75) is 38.3 Å². The Kier molecular flexibility index (Phi) is 6.31. The van der Waals surface area contributed by atoms with Crippen LogP contribution in [0, 0.1) is 5.82 Å². The van der Waals surface area contributed by atoms with Gasteiger partial charge in [-0.3, -0.25) is 4.90 Å². The van der Waals surface area contributed by atoms with E-state index < -0.39 is 0 Å². The molecular weight excluding hydrogens is 391 g/mol. The number of benzene rings is 2. The Labute approximate surface area is 182 Å². The van der Waals surface area contributed by atoms with E-state index in [0.717, 1.165) is 31.2 Å². The highest BCUT2D eigenvalue weighted by molar-refractivity contribution is 6.18. The number of nitrogens with one attached hydrogen (secondary N) is 2. The SMILES string of the molecule is C=C(/N=C1\C(=C/N)N=C(Nc2ccccc2F)N1C1CCCC1)NCc1ccccc1. The first-order valence-electron chi connectivity index (χ1n) is 10.5. The van der Waals surface area contributed by atoms with Gasteiger partial charge in [-0.25, -0.2) is 14.4 Å². The maximum Gasteiger partial charge on any atom is 0.210 e. The maximum atomic E-state index is 14.3. The zero-order valence-corrected chi connectivity index (χ0v) is 17.4. The third kappa shape index (κ3) is 4.77. The number of amidine groups is 1. The Hall–Kier alpha value is -3.61. The first-order chi connectivity index (χ1) is 15.2. The van der Waals surface area contributed by atoms with Crippen LogP contribution in [0.4, 0.5) is 10.1 Å². The van der Waals surface area contributed by atoms with Crippen LogP contribution in [-0.2, 0) is 6.54 Å². The molecule has 1 aliphatic carbocycles. The van der Waals surface area contributed by atoms with Gasteiger partial charge in [0.15, 0.2) is 5.84 Å². The number of anilines is 1. The Bertz CT molecular complexity index is 1020. The molecule has 0 spiro atoms. The molecule has 1 fully saturated rings. The minimum atomic E-state index is -0.339. The van der Waals surface area contributed by atoms with Gasteiger partial charge >= 0.3 is 0 Å². The molecule has 6 nitrogen and oxygen atoms in total. The van der Waals surface area contributed by atoms with Crippen LogP contribution in [0.15, 0.2) is 88.9 Å². The number of rotatable bonds is 6. The van der Waals surface area contributed by atoms with E-state index in [1.54, 1.807) is 18.2 Å². The van der Waals surface area contributed by atoms with Crippen LogP contribution in [0.3, 0.4) is 0 Å². The summed E-state index contributed by atoms with van der Waals surface area (Å²) in [5.41, 5.74) is 7.92. The topological polar surface area (TPSA) is 78.0 Å². The summed E-state index contributed by atoms with van der Waals surface area (Å²) in [4.78, 5) is 11.4. The summed E-state index contributed by atoms with van der Waals surface area (Å²) >= 11 is 0. The molecule has 0 saturated heterocycles. The number of hydrogen-bond acceptors (Lipinski definition) is 5. The van der Waals surface area contributed by atoms with Crippen LogP contribution in [-0.4, -0.2) is 22.7 Å². The number of hydrogen-bond donors (Lipinski definition) is 3. The van der Waals surface area contributed by atoms with E-state index in [2.05, 4.69) is 22.2 Å². The monoisotopic (exact) mass is 418 g/mol. The average Bonchev–Trinajstić information content (AvgIpc) is 3.42. The van der Waals surface area contributed by atoms with Crippen molar-refractivity contribution in [1.29, 1.82) is 0 Å². The molecule has 4 N–H and O–H groups in total. The summed E-state index contributed by atoms with van der Waals surface area (Å²) in [5.74, 6) is 1.33. The molecule has 0 unspecified atom stereocenters. The van der Waals surface area contributed by atoms with Crippen molar-refractivity contribution >= 4 is 17.5 Å². The minimum Gasteiger partial charge on any atom is -0.403 e. The Balaban J connectivity index is 1.58. The van der Waals surface area contributed by atoms with Gasteiger partial charge in [0.05, 0.1) is 5.69 Å². The highest BCUT2D eigenvalue weighted by Crippen LogP contribution is 2.30. The molecule has 31 heavy (non-hydrogen) atoms. The highest BCUT2D eigenvalue weighted by atomic mass is 19.1. The molecule has 1 saturated carbocycles. The van der Waals surface area contributed by atoms with Gasteiger partial charge in [-0.15, -0.1) is 0 Å². The van der Waals surface area contributed by atoms with Gasteiger partial charge < -0.3 is 16.4 Å². The van der Waals surface area contributed by atoms with Crippen LogP contribution >= 0.6 is 0 Å². The van der Waals surface area contributed by atoms with Crippen LogP contribution in [0.1, 0.15) is 31.2 Å². The molecule has 2 aromatic carbocycles. The van der Waals surface area contributed by atoms with E-state index in [4.69, 9.17) is 10.7 Å². The molecule has 4 rings (SSSR count). The number of aliphatic imine (C=N–C) groups is 2. The second-order valence-electron chi connectivity index (χ2n) is 7.62. The van der Waals surface area contributed by atoms with Crippen molar-refractivity contribution in [2.24, 2.45) is 15.7 Å². The fraction of sp³-hybridized carbons (Fsp3) is 0.250. The van der Waals surface area contributed by atoms with Crippen LogP contribution < -0.4 is 16.4 Å². The van der Waals surface area contributed by atoms with Gasteiger partial charge in [0, 0.05) is 18.8 Å². The second kappa shape index (κ2) is 9.47. The van der Waals surface area contributed by atoms with E-state index >= 15 is 0 Å². The van der Waals surface area contributed by atoms with Crippen molar-refractivity contribution in [3.05, 3.63) is 90.3 Å². The smallest absolute Gasteiger partial charge is 0.210 e. The maximum absolute atomic E-state index is 14.3. The molecule has 1 aliphatic heterocycles. The van der Waals surface area contributed by atoms with Crippen molar-refractivity contribution < 1.29 is 4.39 Å². The summed E-state index contributed by atoms with van der Waals surface area (Å²) in [7, 11) is 0. The van der Waals surface area contributed by atoms with Crippen LogP contribution in [0.2, 0.25) is 0 Å². The van der Waals surface area contributed by atoms with E-state index in [1.165, 1.54) is 12.3 Å². The minimum absolute atomic E-state index is 0.219. The lowest BCUT2D eigenvalue weighted by Gasteiger charge is -2.28. The van der Waals surface area contributed by atoms with Gasteiger partial charge in [0.2, 0.25) is 5.96 Å². The first-order valence-corrected chi connectivity index (χ1v) is 10.5. The van der Waals surface area contributed by atoms with Crippen LogP contribution in [0.25, 0.3) is 0 Å². The predicted octanol–water partition coefficient (Wildman–Crippen LogP) is 4.31. The van der Waals surface area contributed by atoms with E-state index in [0.29, 0.717) is 35.5 Å². The fourth-order valence-electron chi connectivity index (χ4n) is 3.91. The standard InChI is InChI=1S/C24H27FN6/c1-17(27-16-18-9-3-2-4-10-18)28-23-22(15-26)30-24(31(23)19-11-5-6-12-19)29-21-14-8-7-13-20(21)25/h2-4,7-10,13-15,19,27H,1,5-6,11-12,16,26H2,(H,29,30)/b22-15+,28-23+. The molecule has 0 amide bonds. The lowest BCUT2D eigenvalue weighted by atomic mass is 10.2. The van der Waals surface area contributed by atoms with Gasteiger partial charge in [-0.05, 0) is 30.5 Å². The summed E-state index contributed by atoms with van der Waals surface area (Å²) < 4.78 is 14.3. The Morgan fingerprint density at radius 1 is 1.16 bits per heavy atom. The summed E-state index contributed by atoms with van der Waals surface area (Å²) in [6.07, 6.45) is 5.73. The van der Waals surface area contributed by atoms with Gasteiger partial charge in [0.25, 0.3) is 0 Å². The lowest BCUT2D eigenvalue weighted by Crippen LogP contribution is -2.43. The largest absolute Gasteiger partial charge is 0.403 e. The number of para-hydroxylation sites is 1. The summed E-state index contributed by atoms with van der Waals surface area (Å²) in [6.45, 7) is 4.68. The van der Waals surface area contributed by atoms with Gasteiger partial charge in [0.1, 0.15) is 17.3 Å². The third-order valence-corrected chi connectivity index (χ3v) is 5.46. The van der Waals surface area contributed by atoms with E-state index in [9.17, 15) is 4.39 Å². The lowest BCUT2D eigenvalue weighted by molar-refractivity contribution is 0.447. The summed E-state index contributed by atoms with van der Waals surface area (Å²) in [6, 6.07) is 16.8. The first kappa shape index (κ1) is 20.7. The average molecular weight is 419 g/mol. The predicted molar refractivity (Wildman–Crippen MR) is 124 cm³/mol. The van der Waals surface area contributed by atoms with Crippen LogP contribution in [0.5, 0.6) is 0 Å². The van der Waals surface area contributed by atoms with Crippen molar-refractivity contribution in [2.75, 3.05) is 5.32 Å². The van der Waals surface area contributed by atoms with E-state index in [-0.39, 0.29) is 11.9 Å². The van der Waals surface area contributed by atoms with Crippen molar-refractivity contribution in [3.63, 3.8) is 0 Å². The molecule has 2 aliphatic rings. The Morgan fingerprint density at radius 3 is 2.58 bits per heavy atom. The Morgan fingerprint density at radius 2 is 1.87 bits per heavy atom. The molecular formula is C24H27FN6.